The first kappa shape index (κ1) is 11.7. The molecule has 2 heterocycles. The highest BCUT2D eigenvalue weighted by Crippen LogP contribution is 2.35. The average Bonchev–Trinajstić information content (AvgIpc) is 2.93. The van der Waals surface area contributed by atoms with Crippen LogP contribution in [0.3, 0.4) is 0 Å². The zero-order valence-electron chi connectivity index (χ0n) is 10.3. The van der Waals surface area contributed by atoms with Crippen LogP contribution >= 0.6 is 0 Å². The number of hydrogen-bond donors (Lipinski definition) is 2. The molecule has 1 aromatic carbocycles. The Balaban J connectivity index is 1.82. The molecule has 0 radical (unpaired) electrons. The largest absolute Gasteiger partial charge is 0.454 e. The SMILES string of the molecule is NCCNc1ccc(-c2ccc3c(c2)OCO3)nn1. The van der Waals surface area contributed by atoms with Crippen LogP contribution in [0, 0.1) is 0 Å². The maximum Gasteiger partial charge on any atom is 0.231 e. The minimum Gasteiger partial charge on any atom is -0.454 e. The summed E-state index contributed by atoms with van der Waals surface area (Å²) in [5.74, 6) is 2.22. The summed E-state index contributed by atoms with van der Waals surface area (Å²) in [5.41, 5.74) is 7.15. The Hall–Kier alpha value is -2.34. The van der Waals surface area contributed by atoms with Crippen LogP contribution in [0.5, 0.6) is 11.5 Å². The van der Waals surface area contributed by atoms with Crippen molar-refractivity contribution in [2.75, 3.05) is 25.2 Å². The van der Waals surface area contributed by atoms with Crippen molar-refractivity contribution in [2.24, 2.45) is 5.73 Å². The summed E-state index contributed by atoms with van der Waals surface area (Å²) in [4.78, 5) is 0. The van der Waals surface area contributed by atoms with Crippen LogP contribution in [0.1, 0.15) is 0 Å². The van der Waals surface area contributed by atoms with E-state index in [0.717, 1.165) is 28.6 Å². The maximum absolute atomic E-state index is 5.41. The van der Waals surface area contributed by atoms with Gasteiger partial charge < -0.3 is 20.5 Å². The first-order valence-corrected chi connectivity index (χ1v) is 6.04. The third kappa shape index (κ3) is 2.43. The van der Waals surface area contributed by atoms with Gasteiger partial charge in [0.15, 0.2) is 11.5 Å². The van der Waals surface area contributed by atoms with Crippen LogP contribution in [0.4, 0.5) is 5.82 Å². The summed E-state index contributed by atoms with van der Waals surface area (Å²) in [6.45, 7) is 1.51. The molecule has 6 heteroatoms. The Morgan fingerprint density at radius 2 is 2.00 bits per heavy atom. The molecule has 0 bridgehead atoms. The first-order valence-electron chi connectivity index (χ1n) is 6.04. The molecule has 0 spiro atoms. The third-order valence-electron chi connectivity index (χ3n) is 2.78. The zero-order chi connectivity index (χ0) is 13.1. The summed E-state index contributed by atoms with van der Waals surface area (Å²) in [7, 11) is 0. The number of hydrogen-bond acceptors (Lipinski definition) is 6. The second-order valence-corrected chi connectivity index (χ2v) is 4.09. The van der Waals surface area contributed by atoms with Crippen molar-refractivity contribution < 1.29 is 9.47 Å². The molecule has 0 saturated heterocycles. The first-order chi connectivity index (χ1) is 9.36. The predicted molar refractivity (Wildman–Crippen MR) is 71.1 cm³/mol. The van der Waals surface area contributed by atoms with Gasteiger partial charge in [-0.2, -0.15) is 0 Å². The van der Waals surface area contributed by atoms with Gasteiger partial charge in [-0.25, -0.2) is 0 Å². The van der Waals surface area contributed by atoms with Crippen LogP contribution in [0.15, 0.2) is 30.3 Å². The van der Waals surface area contributed by atoms with Gasteiger partial charge in [-0.1, -0.05) is 0 Å². The molecule has 0 fully saturated rings. The number of rotatable bonds is 4. The summed E-state index contributed by atoms with van der Waals surface area (Å²) in [5, 5.41) is 11.3. The molecule has 0 atom stereocenters. The molecule has 0 unspecified atom stereocenters. The van der Waals surface area contributed by atoms with Crippen LogP contribution in [-0.4, -0.2) is 30.1 Å². The molecule has 98 valence electrons. The van der Waals surface area contributed by atoms with Gasteiger partial charge in [0.25, 0.3) is 0 Å². The number of anilines is 1. The second kappa shape index (κ2) is 5.11. The minimum absolute atomic E-state index is 0.270. The van der Waals surface area contributed by atoms with Gasteiger partial charge in [-0.3, -0.25) is 0 Å². The van der Waals surface area contributed by atoms with E-state index < -0.39 is 0 Å². The van der Waals surface area contributed by atoms with E-state index in [9.17, 15) is 0 Å². The summed E-state index contributed by atoms with van der Waals surface area (Å²) >= 11 is 0. The third-order valence-corrected chi connectivity index (χ3v) is 2.78. The molecule has 0 amide bonds. The van der Waals surface area contributed by atoms with E-state index in [-0.39, 0.29) is 6.79 Å². The van der Waals surface area contributed by atoms with Crippen molar-refractivity contribution in [3.63, 3.8) is 0 Å². The molecular weight excluding hydrogens is 244 g/mol. The molecule has 0 aliphatic carbocycles. The summed E-state index contributed by atoms with van der Waals surface area (Å²) < 4.78 is 10.6. The highest BCUT2D eigenvalue weighted by atomic mass is 16.7. The van der Waals surface area contributed by atoms with Gasteiger partial charge in [-0.05, 0) is 30.3 Å². The van der Waals surface area contributed by atoms with Gasteiger partial charge in [0, 0.05) is 18.7 Å². The molecule has 1 aromatic heterocycles. The minimum atomic E-state index is 0.270. The summed E-state index contributed by atoms with van der Waals surface area (Å²) in [6.07, 6.45) is 0. The molecule has 19 heavy (non-hydrogen) atoms. The lowest BCUT2D eigenvalue weighted by atomic mass is 10.1. The molecule has 1 aliphatic rings. The lowest BCUT2D eigenvalue weighted by Crippen LogP contribution is -2.14. The van der Waals surface area contributed by atoms with Gasteiger partial charge in [-0.15, -0.1) is 10.2 Å². The van der Waals surface area contributed by atoms with Crippen molar-refractivity contribution in [1.82, 2.24) is 10.2 Å². The average molecular weight is 258 g/mol. The van der Waals surface area contributed by atoms with Crippen LogP contribution < -0.4 is 20.5 Å². The number of benzene rings is 1. The van der Waals surface area contributed by atoms with E-state index >= 15 is 0 Å². The van der Waals surface area contributed by atoms with Crippen LogP contribution in [-0.2, 0) is 0 Å². The maximum atomic E-state index is 5.41. The van der Waals surface area contributed by atoms with E-state index in [1.54, 1.807) is 0 Å². The molecular formula is C13H14N4O2. The van der Waals surface area contributed by atoms with E-state index in [4.69, 9.17) is 15.2 Å². The molecule has 2 aromatic rings. The standard InChI is InChI=1S/C13H14N4O2/c14-5-6-15-13-4-2-10(16-17-13)9-1-3-11-12(7-9)19-8-18-11/h1-4,7H,5-6,8,14H2,(H,15,17). The molecule has 6 nitrogen and oxygen atoms in total. The number of nitrogens with zero attached hydrogens (tertiary/aromatic N) is 2. The lowest BCUT2D eigenvalue weighted by Gasteiger charge is -2.05. The number of ether oxygens (including phenoxy) is 2. The number of nitrogens with two attached hydrogens (primary N) is 1. The Morgan fingerprint density at radius 1 is 1.11 bits per heavy atom. The van der Waals surface area contributed by atoms with Crippen molar-refractivity contribution in [1.29, 1.82) is 0 Å². The highest BCUT2D eigenvalue weighted by Gasteiger charge is 2.14. The van der Waals surface area contributed by atoms with Gasteiger partial charge in [0.1, 0.15) is 5.82 Å². The fourth-order valence-corrected chi connectivity index (χ4v) is 1.84. The number of fused-ring (bicyclic) bond motifs is 1. The fourth-order valence-electron chi connectivity index (χ4n) is 1.84. The molecule has 3 N–H and O–H groups in total. The molecule has 1 aliphatic heterocycles. The Morgan fingerprint density at radius 3 is 2.79 bits per heavy atom. The van der Waals surface area contributed by atoms with E-state index in [1.165, 1.54) is 0 Å². The topological polar surface area (TPSA) is 82.3 Å². The smallest absolute Gasteiger partial charge is 0.231 e. The normalized spacial score (nSPS) is 12.5. The Labute approximate surface area is 110 Å². The zero-order valence-corrected chi connectivity index (χ0v) is 10.3. The van der Waals surface area contributed by atoms with Gasteiger partial charge in [0.05, 0.1) is 5.69 Å². The molecule has 3 rings (SSSR count). The van der Waals surface area contributed by atoms with Crippen LogP contribution in [0.2, 0.25) is 0 Å². The lowest BCUT2D eigenvalue weighted by molar-refractivity contribution is 0.174. The fraction of sp³-hybridized carbons (Fsp3) is 0.231. The van der Waals surface area contributed by atoms with E-state index in [0.29, 0.717) is 13.1 Å². The van der Waals surface area contributed by atoms with E-state index in [1.807, 2.05) is 30.3 Å². The predicted octanol–water partition coefficient (Wildman–Crippen LogP) is 1.24. The van der Waals surface area contributed by atoms with Crippen molar-refractivity contribution >= 4 is 5.82 Å². The van der Waals surface area contributed by atoms with Crippen LogP contribution in [0.25, 0.3) is 11.3 Å². The van der Waals surface area contributed by atoms with Crippen molar-refractivity contribution in [3.05, 3.63) is 30.3 Å². The number of nitrogens with one attached hydrogen (secondary N) is 1. The Bertz CT molecular complexity index is 571. The number of aromatic nitrogens is 2. The quantitative estimate of drug-likeness (QED) is 0.858. The van der Waals surface area contributed by atoms with Gasteiger partial charge >= 0.3 is 0 Å². The second-order valence-electron chi connectivity index (χ2n) is 4.09. The van der Waals surface area contributed by atoms with Gasteiger partial charge in [0.2, 0.25) is 6.79 Å². The van der Waals surface area contributed by atoms with E-state index in [2.05, 4.69) is 15.5 Å². The monoisotopic (exact) mass is 258 g/mol. The summed E-state index contributed by atoms with van der Waals surface area (Å²) in [6, 6.07) is 9.50. The highest BCUT2D eigenvalue weighted by molar-refractivity contribution is 5.64. The van der Waals surface area contributed by atoms with Crippen molar-refractivity contribution in [2.45, 2.75) is 0 Å². The molecule has 0 saturated carbocycles. The van der Waals surface area contributed by atoms with Crippen molar-refractivity contribution in [3.8, 4) is 22.8 Å². The Kier molecular flexibility index (Phi) is 3.16.